The number of furan rings is 1. The first kappa shape index (κ1) is 17.2. The van der Waals surface area contributed by atoms with Gasteiger partial charge in [0.25, 0.3) is 0 Å². The van der Waals surface area contributed by atoms with Crippen LogP contribution in [0.5, 0.6) is 5.75 Å². The molecular formula is C19H20FNO4. The molecule has 0 unspecified atom stereocenters. The molecular weight excluding hydrogens is 325 g/mol. The molecule has 0 amide bonds. The van der Waals surface area contributed by atoms with Gasteiger partial charge in [-0.2, -0.15) is 0 Å². The lowest BCUT2D eigenvalue weighted by Crippen LogP contribution is -2.53. The highest BCUT2D eigenvalue weighted by atomic mass is 19.1. The second-order valence-electron chi connectivity index (χ2n) is 6.07. The monoisotopic (exact) mass is 345 g/mol. The van der Waals surface area contributed by atoms with Crippen LogP contribution in [0.4, 0.5) is 4.39 Å². The number of carbonyl (C=O) groups is 1. The third kappa shape index (κ3) is 4.28. The van der Waals surface area contributed by atoms with E-state index in [0.717, 1.165) is 5.76 Å². The lowest BCUT2D eigenvalue weighted by atomic mass is 9.91. The summed E-state index contributed by atoms with van der Waals surface area (Å²) in [5.74, 6) is -0.205. The summed E-state index contributed by atoms with van der Waals surface area (Å²) in [6, 6.07) is 9.14. The number of hydrogen-bond donors (Lipinski definition) is 1. The lowest BCUT2D eigenvalue weighted by molar-refractivity contribution is -0.159. The Morgan fingerprint density at radius 1 is 1.28 bits per heavy atom. The van der Waals surface area contributed by atoms with Crippen molar-refractivity contribution in [3.05, 3.63) is 60.3 Å². The fourth-order valence-electron chi connectivity index (χ4n) is 2.89. The predicted octanol–water partition coefficient (Wildman–Crippen LogP) is 3.43. The maximum absolute atomic E-state index is 13.0. The van der Waals surface area contributed by atoms with E-state index in [1.54, 1.807) is 6.26 Å². The van der Waals surface area contributed by atoms with E-state index in [0.29, 0.717) is 38.2 Å². The number of rotatable bonds is 6. The zero-order valence-electron chi connectivity index (χ0n) is 13.7. The minimum atomic E-state index is -1.26. The van der Waals surface area contributed by atoms with Crippen LogP contribution < -0.4 is 4.74 Å². The quantitative estimate of drug-likeness (QED) is 0.869. The average molecular weight is 345 g/mol. The normalized spacial score (nSPS) is 17.6. The maximum Gasteiger partial charge on any atom is 0.348 e. The Kier molecular flexibility index (Phi) is 5.19. The summed E-state index contributed by atoms with van der Waals surface area (Å²) in [5.41, 5.74) is -1.26. The zero-order chi connectivity index (χ0) is 17.7. The van der Waals surface area contributed by atoms with Crippen LogP contribution in [-0.4, -0.2) is 41.2 Å². The molecule has 1 aromatic heterocycles. The minimum absolute atomic E-state index is 0.369. The highest BCUT2D eigenvalue weighted by molar-refractivity contribution is 5.78. The second kappa shape index (κ2) is 7.53. The molecule has 1 aromatic carbocycles. The molecule has 1 aliphatic heterocycles. The van der Waals surface area contributed by atoms with E-state index in [1.165, 1.54) is 24.3 Å². The highest BCUT2D eigenvalue weighted by Crippen LogP contribution is 2.29. The molecule has 1 aliphatic rings. The van der Waals surface area contributed by atoms with Crippen molar-refractivity contribution in [1.82, 2.24) is 4.90 Å². The van der Waals surface area contributed by atoms with E-state index in [2.05, 4.69) is 4.90 Å². The summed E-state index contributed by atoms with van der Waals surface area (Å²) < 4.78 is 24.0. The minimum Gasteiger partial charge on any atom is -0.478 e. The van der Waals surface area contributed by atoms with Crippen molar-refractivity contribution in [2.24, 2.45) is 0 Å². The first-order valence-corrected chi connectivity index (χ1v) is 8.18. The molecule has 5 nitrogen and oxygen atoms in total. The Bertz CT molecular complexity index is 716. The fourth-order valence-corrected chi connectivity index (χ4v) is 2.89. The topological polar surface area (TPSA) is 62.9 Å². The van der Waals surface area contributed by atoms with Gasteiger partial charge in [0.15, 0.2) is 0 Å². The Balaban J connectivity index is 1.58. The van der Waals surface area contributed by atoms with Crippen LogP contribution in [0.25, 0.3) is 6.08 Å². The Labute approximate surface area is 145 Å². The van der Waals surface area contributed by atoms with Gasteiger partial charge in [0.1, 0.15) is 17.3 Å². The van der Waals surface area contributed by atoms with Gasteiger partial charge in [-0.15, -0.1) is 0 Å². The molecule has 0 saturated carbocycles. The molecule has 1 saturated heterocycles. The van der Waals surface area contributed by atoms with Crippen molar-refractivity contribution in [2.75, 3.05) is 19.6 Å². The van der Waals surface area contributed by atoms with E-state index in [-0.39, 0.29) is 5.82 Å². The van der Waals surface area contributed by atoms with Gasteiger partial charge in [-0.05, 0) is 42.5 Å². The fraction of sp³-hybridized carbons (Fsp3) is 0.316. The summed E-state index contributed by atoms with van der Waals surface area (Å²) in [6.07, 6.45) is 6.25. The van der Waals surface area contributed by atoms with Crippen molar-refractivity contribution >= 4 is 12.0 Å². The number of aliphatic carboxylic acids is 1. The summed E-state index contributed by atoms with van der Waals surface area (Å²) in [4.78, 5) is 13.9. The number of piperidine rings is 1. The number of nitrogens with zero attached hydrogens (tertiary/aromatic N) is 1. The SMILES string of the molecule is O=C(O)C1(Oc2ccc(F)cc2)CCN(C/C=C/c2ccco2)CC1. The van der Waals surface area contributed by atoms with Crippen LogP contribution in [-0.2, 0) is 4.79 Å². The highest BCUT2D eigenvalue weighted by Gasteiger charge is 2.43. The molecule has 1 fully saturated rings. The van der Waals surface area contributed by atoms with Gasteiger partial charge in [0, 0.05) is 32.5 Å². The summed E-state index contributed by atoms with van der Waals surface area (Å²) in [7, 11) is 0. The molecule has 0 spiro atoms. The smallest absolute Gasteiger partial charge is 0.348 e. The number of halogens is 1. The number of likely N-dealkylation sites (tertiary alicyclic amines) is 1. The predicted molar refractivity (Wildman–Crippen MR) is 90.8 cm³/mol. The third-order valence-electron chi connectivity index (χ3n) is 4.37. The average Bonchev–Trinajstić information content (AvgIpc) is 3.12. The Hall–Kier alpha value is -2.60. The second-order valence-corrected chi connectivity index (χ2v) is 6.07. The van der Waals surface area contributed by atoms with Crippen LogP contribution in [0.3, 0.4) is 0 Å². The maximum atomic E-state index is 13.0. The van der Waals surface area contributed by atoms with E-state index >= 15 is 0 Å². The van der Waals surface area contributed by atoms with Crippen molar-refractivity contribution in [1.29, 1.82) is 0 Å². The van der Waals surface area contributed by atoms with Gasteiger partial charge in [-0.3, -0.25) is 4.90 Å². The number of hydrogen-bond acceptors (Lipinski definition) is 4. The van der Waals surface area contributed by atoms with Crippen LogP contribution in [0.1, 0.15) is 18.6 Å². The molecule has 132 valence electrons. The van der Waals surface area contributed by atoms with Gasteiger partial charge in [-0.25, -0.2) is 9.18 Å². The largest absolute Gasteiger partial charge is 0.478 e. The van der Waals surface area contributed by atoms with Crippen molar-refractivity contribution < 1.29 is 23.4 Å². The van der Waals surface area contributed by atoms with Gasteiger partial charge in [0.2, 0.25) is 5.60 Å². The first-order valence-electron chi connectivity index (χ1n) is 8.18. The van der Waals surface area contributed by atoms with Crippen molar-refractivity contribution in [3.63, 3.8) is 0 Å². The van der Waals surface area contributed by atoms with Gasteiger partial charge in [0.05, 0.1) is 6.26 Å². The first-order chi connectivity index (χ1) is 12.1. The lowest BCUT2D eigenvalue weighted by Gasteiger charge is -2.38. The molecule has 0 atom stereocenters. The summed E-state index contributed by atoms with van der Waals surface area (Å²) in [5, 5.41) is 9.65. The molecule has 0 bridgehead atoms. The van der Waals surface area contributed by atoms with E-state index in [1.807, 2.05) is 24.3 Å². The standard InChI is InChI=1S/C19H20FNO4/c20-15-5-7-17(8-6-15)25-19(18(22)23)9-12-21(13-10-19)11-1-3-16-4-2-14-24-16/h1-8,14H,9-13H2,(H,22,23)/b3-1+. The molecule has 2 heterocycles. The zero-order valence-corrected chi connectivity index (χ0v) is 13.7. The molecule has 0 radical (unpaired) electrons. The van der Waals surface area contributed by atoms with Crippen molar-refractivity contribution in [2.45, 2.75) is 18.4 Å². The molecule has 25 heavy (non-hydrogen) atoms. The summed E-state index contributed by atoms with van der Waals surface area (Å²) in [6.45, 7) is 1.93. The van der Waals surface area contributed by atoms with Gasteiger partial charge >= 0.3 is 5.97 Å². The van der Waals surface area contributed by atoms with Crippen molar-refractivity contribution in [3.8, 4) is 5.75 Å². The Morgan fingerprint density at radius 3 is 2.60 bits per heavy atom. The van der Waals surface area contributed by atoms with E-state index in [4.69, 9.17) is 9.15 Å². The third-order valence-corrected chi connectivity index (χ3v) is 4.37. The summed E-state index contributed by atoms with van der Waals surface area (Å²) >= 11 is 0. The Morgan fingerprint density at radius 2 is 2.00 bits per heavy atom. The molecule has 2 aromatic rings. The molecule has 6 heteroatoms. The number of benzene rings is 1. The van der Waals surface area contributed by atoms with Crippen LogP contribution >= 0.6 is 0 Å². The van der Waals surface area contributed by atoms with Gasteiger partial charge in [-0.1, -0.05) is 6.08 Å². The van der Waals surface area contributed by atoms with Gasteiger partial charge < -0.3 is 14.3 Å². The van der Waals surface area contributed by atoms with E-state index in [9.17, 15) is 14.3 Å². The number of ether oxygens (including phenoxy) is 1. The number of carboxylic acid groups (broad SMARTS) is 1. The molecule has 3 rings (SSSR count). The molecule has 1 N–H and O–H groups in total. The van der Waals surface area contributed by atoms with Crippen LogP contribution in [0.15, 0.2) is 53.2 Å². The molecule has 0 aliphatic carbocycles. The van der Waals surface area contributed by atoms with Crippen LogP contribution in [0.2, 0.25) is 0 Å². The van der Waals surface area contributed by atoms with Crippen LogP contribution in [0, 0.1) is 5.82 Å². The van der Waals surface area contributed by atoms with E-state index < -0.39 is 11.6 Å². The number of carboxylic acids is 1.